The van der Waals surface area contributed by atoms with E-state index in [0.717, 1.165) is 29.6 Å². The Balaban J connectivity index is 2.35. The first-order chi connectivity index (χ1) is 10.7. The minimum Gasteiger partial charge on any atom is -0.502 e. The Morgan fingerprint density at radius 3 is 2.35 bits per heavy atom. The van der Waals surface area contributed by atoms with Crippen LogP contribution in [0.3, 0.4) is 0 Å². The lowest BCUT2D eigenvalue weighted by Gasteiger charge is -2.00. The molecule has 0 aliphatic rings. The zero-order chi connectivity index (χ0) is 17.2. The van der Waals surface area contributed by atoms with E-state index in [1.54, 1.807) is 0 Å². The van der Waals surface area contributed by atoms with Crippen molar-refractivity contribution in [2.45, 2.75) is 9.92 Å². The predicted molar refractivity (Wildman–Crippen MR) is 76.6 cm³/mol. The Labute approximate surface area is 133 Å². The van der Waals surface area contributed by atoms with Gasteiger partial charge in [0.15, 0.2) is 10.0 Å². The van der Waals surface area contributed by atoms with Crippen molar-refractivity contribution in [2.75, 3.05) is 0 Å². The average molecular weight is 357 g/mol. The summed E-state index contributed by atoms with van der Waals surface area (Å²) in [5.41, 5.74) is 0. The maximum absolute atomic E-state index is 12.8. The van der Waals surface area contributed by atoms with Crippen LogP contribution in [0.15, 0.2) is 51.4 Å². The summed E-state index contributed by atoms with van der Waals surface area (Å²) in [6, 6.07) is 4.06. The number of nitrogens with zero attached hydrogens (tertiary/aromatic N) is 1. The lowest BCUT2D eigenvalue weighted by atomic mass is 10.3. The van der Waals surface area contributed by atoms with E-state index < -0.39 is 38.2 Å². The highest BCUT2D eigenvalue weighted by molar-refractivity contribution is 7.91. The zero-order valence-corrected chi connectivity index (χ0v) is 12.8. The highest BCUT2D eigenvalue weighted by Crippen LogP contribution is 2.23. The standard InChI is InChI=1S/C13H8FNO6S2/c14-7-1-3-8(4-2-7)23(20,21)11-6-22-12(15-11)9(16)5-10(17)13(18)19/h1-6,17H,(H,18,19)/b10-5-. The van der Waals surface area contributed by atoms with Gasteiger partial charge < -0.3 is 10.2 Å². The van der Waals surface area contributed by atoms with Crippen molar-refractivity contribution in [3.63, 3.8) is 0 Å². The molecule has 0 saturated carbocycles. The van der Waals surface area contributed by atoms with Crippen molar-refractivity contribution < 1.29 is 32.6 Å². The van der Waals surface area contributed by atoms with Gasteiger partial charge >= 0.3 is 5.97 Å². The monoisotopic (exact) mass is 357 g/mol. The normalized spacial score (nSPS) is 12.1. The fourth-order valence-electron chi connectivity index (χ4n) is 1.48. The number of carboxylic acids is 1. The van der Waals surface area contributed by atoms with Crippen LogP contribution in [-0.2, 0) is 14.6 Å². The van der Waals surface area contributed by atoms with E-state index in [2.05, 4.69) is 4.98 Å². The molecular weight excluding hydrogens is 349 g/mol. The summed E-state index contributed by atoms with van der Waals surface area (Å²) < 4.78 is 37.4. The molecule has 1 aromatic carbocycles. The van der Waals surface area contributed by atoms with Crippen LogP contribution in [0.25, 0.3) is 0 Å². The second-order valence-electron chi connectivity index (χ2n) is 4.15. The number of sulfone groups is 1. The Bertz CT molecular complexity index is 899. The number of carbonyl (C=O) groups is 2. The van der Waals surface area contributed by atoms with Gasteiger partial charge in [0, 0.05) is 11.5 Å². The molecule has 10 heteroatoms. The van der Waals surface area contributed by atoms with E-state index in [0.29, 0.717) is 17.4 Å². The second kappa shape index (κ2) is 6.26. The zero-order valence-electron chi connectivity index (χ0n) is 11.1. The molecule has 2 rings (SSSR count). The van der Waals surface area contributed by atoms with Crippen molar-refractivity contribution in [3.05, 3.63) is 52.3 Å². The van der Waals surface area contributed by atoms with Crippen LogP contribution in [0.2, 0.25) is 0 Å². The lowest BCUT2D eigenvalue weighted by Crippen LogP contribution is -2.05. The molecule has 120 valence electrons. The number of aliphatic hydroxyl groups is 1. The summed E-state index contributed by atoms with van der Waals surface area (Å²) in [4.78, 5) is 25.5. The molecule has 23 heavy (non-hydrogen) atoms. The van der Waals surface area contributed by atoms with E-state index in [1.165, 1.54) is 0 Å². The van der Waals surface area contributed by atoms with Crippen molar-refractivity contribution in [1.82, 2.24) is 4.98 Å². The van der Waals surface area contributed by atoms with Crippen molar-refractivity contribution >= 4 is 32.9 Å². The summed E-state index contributed by atoms with van der Waals surface area (Å²) in [5, 5.41) is 17.8. The number of halogens is 1. The summed E-state index contributed by atoms with van der Waals surface area (Å²) in [6.07, 6.45) is 0.426. The van der Waals surface area contributed by atoms with E-state index in [4.69, 9.17) is 10.2 Å². The number of benzene rings is 1. The number of aliphatic carboxylic acids is 1. The Hall–Kier alpha value is -2.59. The van der Waals surface area contributed by atoms with Gasteiger partial charge in [0.2, 0.25) is 21.4 Å². The van der Waals surface area contributed by atoms with Gasteiger partial charge in [-0.25, -0.2) is 22.6 Å². The maximum atomic E-state index is 12.8. The molecular formula is C13H8FNO6S2. The summed E-state index contributed by atoms with van der Waals surface area (Å²) in [7, 11) is -4.03. The molecule has 0 unspecified atom stereocenters. The third kappa shape index (κ3) is 3.60. The summed E-state index contributed by atoms with van der Waals surface area (Å²) >= 11 is 0.674. The van der Waals surface area contributed by atoms with E-state index in [1.807, 2.05) is 0 Å². The molecule has 2 aromatic rings. The summed E-state index contributed by atoms with van der Waals surface area (Å²) in [5.74, 6) is -4.44. The first-order valence-electron chi connectivity index (χ1n) is 5.86. The third-order valence-electron chi connectivity index (χ3n) is 2.58. The van der Waals surface area contributed by atoms with Gasteiger partial charge in [-0.1, -0.05) is 0 Å². The number of aliphatic hydroxyl groups excluding tert-OH is 1. The first-order valence-corrected chi connectivity index (χ1v) is 8.22. The number of hydrogen-bond acceptors (Lipinski definition) is 7. The molecule has 0 atom stereocenters. The first kappa shape index (κ1) is 16.8. The third-order valence-corrected chi connectivity index (χ3v) is 5.24. The molecule has 0 fully saturated rings. The van der Waals surface area contributed by atoms with Crippen LogP contribution < -0.4 is 0 Å². The molecule has 7 nitrogen and oxygen atoms in total. The van der Waals surface area contributed by atoms with Crippen LogP contribution in [0.5, 0.6) is 0 Å². The van der Waals surface area contributed by atoms with Crippen molar-refractivity contribution in [3.8, 4) is 0 Å². The highest BCUT2D eigenvalue weighted by Gasteiger charge is 2.23. The van der Waals surface area contributed by atoms with Gasteiger partial charge in [-0.05, 0) is 24.3 Å². The van der Waals surface area contributed by atoms with Gasteiger partial charge in [-0.3, -0.25) is 4.79 Å². The Morgan fingerprint density at radius 1 is 1.17 bits per heavy atom. The minimum atomic E-state index is -4.03. The van der Waals surface area contributed by atoms with E-state index >= 15 is 0 Å². The Morgan fingerprint density at radius 2 is 1.78 bits per heavy atom. The minimum absolute atomic E-state index is 0.202. The lowest BCUT2D eigenvalue weighted by molar-refractivity contribution is -0.135. The van der Waals surface area contributed by atoms with Gasteiger partial charge in [0.05, 0.1) is 4.90 Å². The smallest absolute Gasteiger partial charge is 0.371 e. The molecule has 1 aromatic heterocycles. The molecule has 0 bridgehead atoms. The van der Waals surface area contributed by atoms with Crippen LogP contribution in [0.1, 0.15) is 9.80 Å². The predicted octanol–water partition coefficient (Wildman–Crippen LogP) is 1.82. The molecule has 0 radical (unpaired) electrons. The quantitative estimate of drug-likeness (QED) is 0.362. The number of rotatable bonds is 5. The molecule has 0 aliphatic carbocycles. The SMILES string of the molecule is O=C(O)/C(O)=C/C(=O)c1nc(S(=O)(=O)c2ccc(F)cc2)cs1. The average Bonchev–Trinajstić information content (AvgIpc) is 2.98. The van der Waals surface area contributed by atoms with Crippen LogP contribution in [0.4, 0.5) is 4.39 Å². The number of aromatic nitrogens is 1. The summed E-state index contributed by atoms with van der Waals surface area (Å²) in [6.45, 7) is 0. The second-order valence-corrected chi connectivity index (χ2v) is 6.90. The molecule has 0 spiro atoms. The number of hydrogen-bond donors (Lipinski definition) is 2. The Kier molecular flexibility index (Phi) is 4.57. The molecule has 1 heterocycles. The molecule has 0 aliphatic heterocycles. The van der Waals surface area contributed by atoms with Crippen LogP contribution in [0, 0.1) is 5.82 Å². The molecule has 2 N–H and O–H groups in total. The number of carboxylic acid groups (broad SMARTS) is 1. The molecule has 0 amide bonds. The number of allylic oxidation sites excluding steroid dienone is 1. The number of thiazole rings is 1. The largest absolute Gasteiger partial charge is 0.502 e. The maximum Gasteiger partial charge on any atom is 0.371 e. The van der Waals surface area contributed by atoms with Gasteiger partial charge in [0.1, 0.15) is 5.82 Å². The van der Waals surface area contributed by atoms with Crippen molar-refractivity contribution in [2.24, 2.45) is 0 Å². The van der Waals surface area contributed by atoms with Crippen LogP contribution in [-0.4, -0.2) is 35.4 Å². The van der Waals surface area contributed by atoms with Gasteiger partial charge in [-0.15, -0.1) is 11.3 Å². The van der Waals surface area contributed by atoms with Crippen molar-refractivity contribution in [1.29, 1.82) is 0 Å². The number of carbonyl (C=O) groups excluding carboxylic acids is 1. The fourth-order valence-corrected chi connectivity index (χ4v) is 3.73. The fraction of sp³-hybridized carbons (Fsp3) is 0. The molecule has 0 saturated heterocycles. The van der Waals surface area contributed by atoms with Gasteiger partial charge in [0.25, 0.3) is 0 Å². The van der Waals surface area contributed by atoms with E-state index in [-0.39, 0.29) is 9.90 Å². The van der Waals surface area contributed by atoms with Gasteiger partial charge in [-0.2, -0.15) is 0 Å². The topological polar surface area (TPSA) is 122 Å². The highest BCUT2D eigenvalue weighted by atomic mass is 32.2. The van der Waals surface area contributed by atoms with E-state index in [9.17, 15) is 22.4 Å². The number of ketones is 1. The van der Waals surface area contributed by atoms with Crippen LogP contribution >= 0.6 is 11.3 Å².